The lowest BCUT2D eigenvalue weighted by Gasteiger charge is -2.24. The van der Waals surface area contributed by atoms with E-state index in [9.17, 15) is 4.79 Å². The fraction of sp³-hybridized carbons (Fsp3) is 0.917. The Morgan fingerprint density at radius 1 is 1.44 bits per heavy atom. The maximum Gasteiger partial charge on any atom is 0.240 e. The first-order valence-corrected chi connectivity index (χ1v) is 6.40. The molecule has 0 aromatic rings. The molecule has 2 fully saturated rings. The molecule has 4 heteroatoms. The number of nitrogens with zero attached hydrogens (tertiary/aromatic N) is 2. The van der Waals surface area contributed by atoms with Crippen LogP contribution in [0.15, 0.2) is 0 Å². The van der Waals surface area contributed by atoms with Gasteiger partial charge in [-0.1, -0.05) is 6.92 Å². The van der Waals surface area contributed by atoms with E-state index in [1.54, 1.807) is 0 Å². The van der Waals surface area contributed by atoms with Gasteiger partial charge in [-0.3, -0.25) is 10.1 Å². The second kappa shape index (κ2) is 4.72. The van der Waals surface area contributed by atoms with E-state index in [0.29, 0.717) is 5.92 Å². The first-order valence-electron chi connectivity index (χ1n) is 6.40. The molecular weight excluding hydrogens is 202 g/mol. The first-order chi connectivity index (χ1) is 7.61. The summed E-state index contributed by atoms with van der Waals surface area (Å²) in [4.78, 5) is 16.4. The largest absolute Gasteiger partial charge is 0.326 e. The van der Waals surface area contributed by atoms with Gasteiger partial charge in [0.15, 0.2) is 0 Å². The number of rotatable bonds is 3. The number of amides is 1. The normalized spacial score (nSPS) is 36.3. The number of hydrogen-bond acceptors (Lipinski definition) is 3. The molecule has 2 rings (SSSR count). The highest BCUT2D eigenvalue weighted by Crippen LogP contribution is 2.20. The molecule has 2 aliphatic heterocycles. The van der Waals surface area contributed by atoms with Crippen LogP contribution in [0.5, 0.6) is 0 Å². The van der Waals surface area contributed by atoms with Crippen LogP contribution in [0.3, 0.4) is 0 Å². The summed E-state index contributed by atoms with van der Waals surface area (Å²) in [6.45, 7) is 10.6. The van der Waals surface area contributed by atoms with Gasteiger partial charge < -0.3 is 9.80 Å². The standard InChI is InChI=1S/C12H23N3O/c1-4-14-6-5-11(7-14)8-15-10(3)13-9(2)12(15)16/h9-11,13H,4-8H2,1-3H3. The predicted octanol–water partition coefficient (Wildman–Crippen LogP) is 0.495. The van der Waals surface area contributed by atoms with Crippen LogP contribution in [-0.2, 0) is 4.79 Å². The summed E-state index contributed by atoms with van der Waals surface area (Å²) in [7, 11) is 0. The molecule has 0 aliphatic carbocycles. The number of nitrogens with one attached hydrogen (secondary N) is 1. The number of likely N-dealkylation sites (tertiary alicyclic amines) is 1. The van der Waals surface area contributed by atoms with Gasteiger partial charge in [0, 0.05) is 13.1 Å². The van der Waals surface area contributed by atoms with Crippen LogP contribution < -0.4 is 5.32 Å². The Morgan fingerprint density at radius 2 is 2.19 bits per heavy atom. The zero-order chi connectivity index (χ0) is 11.7. The summed E-state index contributed by atoms with van der Waals surface area (Å²) < 4.78 is 0. The lowest BCUT2D eigenvalue weighted by Crippen LogP contribution is -2.39. The smallest absolute Gasteiger partial charge is 0.240 e. The van der Waals surface area contributed by atoms with Gasteiger partial charge in [0.25, 0.3) is 0 Å². The van der Waals surface area contributed by atoms with Gasteiger partial charge in [-0.15, -0.1) is 0 Å². The fourth-order valence-corrected chi connectivity index (χ4v) is 2.84. The van der Waals surface area contributed by atoms with Crippen LogP contribution in [0.2, 0.25) is 0 Å². The van der Waals surface area contributed by atoms with Crippen LogP contribution in [0.25, 0.3) is 0 Å². The summed E-state index contributed by atoms with van der Waals surface area (Å²) in [5, 5.41) is 3.28. The summed E-state index contributed by atoms with van der Waals surface area (Å²) in [5.41, 5.74) is 0. The summed E-state index contributed by atoms with van der Waals surface area (Å²) in [5.74, 6) is 0.931. The van der Waals surface area contributed by atoms with Crippen molar-refractivity contribution in [3.63, 3.8) is 0 Å². The third kappa shape index (κ3) is 2.23. The van der Waals surface area contributed by atoms with E-state index in [-0.39, 0.29) is 18.1 Å². The van der Waals surface area contributed by atoms with Crippen LogP contribution in [0, 0.1) is 5.92 Å². The molecule has 3 unspecified atom stereocenters. The molecule has 2 aliphatic rings. The van der Waals surface area contributed by atoms with Crippen LogP contribution in [0.1, 0.15) is 27.2 Å². The fourth-order valence-electron chi connectivity index (χ4n) is 2.84. The molecule has 0 saturated carbocycles. The minimum atomic E-state index is -0.00122. The maximum atomic E-state index is 11.9. The van der Waals surface area contributed by atoms with Crippen molar-refractivity contribution in [1.29, 1.82) is 0 Å². The van der Waals surface area contributed by atoms with E-state index in [4.69, 9.17) is 0 Å². The third-order valence-corrected chi connectivity index (χ3v) is 3.88. The molecule has 1 amide bonds. The monoisotopic (exact) mass is 225 g/mol. The minimum Gasteiger partial charge on any atom is -0.326 e. The second-order valence-electron chi connectivity index (χ2n) is 5.10. The van der Waals surface area contributed by atoms with Crippen LogP contribution in [-0.4, -0.2) is 54.1 Å². The average molecular weight is 225 g/mol. The van der Waals surface area contributed by atoms with Crippen molar-refractivity contribution in [1.82, 2.24) is 15.1 Å². The molecule has 2 saturated heterocycles. The van der Waals surface area contributed by atoms with Gasteiger partial charge in [0.05, 0.1) is 12.2 Å². The molecule has 0 radical (unpaired) electrons. The summed E-state index contributed by atoms with van der Waals surface area (Å²) in [6, 6.07) is -0.00122. The quantitative estimate of drug-likeness (QED) is 0.759. The molecule has 4 nitrogen and oxygen atoms in total. The van der Waals surface area contributed by atoms with E-state index in [2.05, 4.69) is 24.1 Å². The van der Waals surface area contributed by atoms with Crippen LogP contribution >= 0.6 is 0 Å². The van der Waals surface area contributed by atoms with Crippen molar-refractivity contribution in [2.75, 3.05) is 26.2 Å². The van der Waals surface area contributed by atoms with Gasteiger partial charge in [0.1, 0.15) is 0 Å². The van der Waals surface area contributed by atoms with Crippen molar-refractivity contribution in [2.45, 2.75) is 39.4 Å². The Bertz CT molecular complexity index is 269. The molecule has 1 N–H and O–H groups in total. The lowest BCUT2D eigenvalue weighted by atomic mass is 10.1. The van der Waals surface area contributed by atoms with E-state index < -0.39 is 0 Å². The van der Waals surface area contributed by atoms with Crippen molar-refractivity contribution in [2.24, 2.45) is 5.92 Å². The van der Waals surface area contributed by atoms with Crippen molar-refractivity contribution >= 4 is 5.91 Å². The third-order valence-electron chi connectivity index (χ3n) is 3.88. The predicted molar refractivity (Wildman–Crippen MR) is 64.0 cm³/mol. The molecule has 92 valence electrons. The Hall–Kier alpha value is -0.610. The first kappa shape index (κ1) is 11.9. The van der Waals surface area contributed by atoms with Gasteiger partial charge >= 0.3 is 0 Å². The molecule has 16 heavy (non-hydrogen) atoms. The lowest BCUT2D eigenvalue weighted by molar-refractivity contribution is -0.130. The maximum absolute atomic E-state index is 11.9. The number of hydrogen-bond donors (Lipinski definition) is 1. The van der Waals surface area contributed by atoms with E-state index >= 15 is 0 Å². The van der Waals surface area contributed by atoms with Crippen molar-refractivity contribution in [3.05, 3.63) is 0 Å². The SMILES string of the molecule is CCN1CCC(CN2C(=O)C(C)NC2C)C1. The highest BCUT2D eigenvalue weighted by molar-refractivity contribution is 5.83. The van der Waals surface area contributed by atoms with Gasteiger partial charge in [0.2, 0.25) is 5.91 Å². The highest BCUT2D eigenvalue weighted by atomic mass is 16.2. The molecule has 3 atom stereocenters. The van der Waals surface area contributed by atoms with E-state index in [1.807, 2.05) is 11.8 Å². The molecule has 2 heterocycles. The van der Waals surface area contributed by atoms with Gasteiger partial charge in [-0.2, -0.15) is 0 Å². The van der Waals surface area contributed by atoms with Gasteiger partial charge in [-0.05, 0) is 39.3 Å². The summed E-state index contributed by atoms with van der Waals surface area (Å²) in [6.07, 6.45) is 1.44. The van der Waals surface area contributed by atoms with Crippen LogP contribution in [0.4, 0.5) is 0 Å². The Labute approximate surface area is 98.0 Å². The van der Waals surface area contributed by atoms with Crippen molar-refractivity contribution < 1.29 is 4.79 Å². The Morgan fingerprint density at radius 3 is 2.69 bits per heavy atom. The zero-order valence-electron chi connectivity index (χ0n) is 10.6. The molecule has 0 aromatic carbocycles. The van der Waals surface area contributed by atoms with E-state index in [0.717, 1.165) is 19.6 Å². The highest BCUT2D eigenvalue weighted by Gasteiger charge is 2.35. The number of carbonyl (C=O) groups is 1. The average Bonchev–Trinajstić information content (AvgIpc) is 2.80. The molecule has 0 aromatic heterocycles. The zero-order valence-corrected chi connectivity index (χ0v) is 10.6. The molecular formula is C12H23N3O. The topological polar surface area (TPSA) is 35.6 Å². The summed E-state index contributed by atoms with van der Waals surface area (Å²) >= 11 is 0. The molecule has 0 bridgehead atoms. The Balaban J connectivity index is 1.88. The second-order valence-corrected chi connectivity index (χ2v) is 5.10. The van der Waals surface area contributed by atoms with Crippen molar-refractivity contribution in [3.8, 4) is 0 Å². The minimum absolute atomic E-state index is 0.00122. The molecule has 0 spiro atoms. The van der Waals surface area contributed by atoms with Gasteiger partial charge in [-0.25, -0.2) is 0 Å². The Kier molecular flexibility index (Phi) is 3.50. The number of carbonyl (C=O) groups excluding carboxylic acids is 1. The van der Waals surface area contributed by atoms with E-state index in [1.165, 1.54) is 13.0 Å².